The zero-order valence-corrected chi connectivity index (χ0v) is 8.68. The third-order valence-electron chi connectivity index (χ3n) is 1.97. The minimum absolute atomic E-state index is 0.122. The summed E-state index contributed by atoms with van der Waals surface area (Å²) in [4.78, 5) is 0. The molecule has 1 aromatic rings. The molecule has 0 fully saturated rings. The average Bonchev–Trinajstić information content (AvgIpc) is 2.29. The van der Waals surface area contributed by atoms with Gasteiger partial charge in [-0.3, -0.25) is 0 Å². The molecule has 0 atom stereocenters. The molecule has 0 aliphatic heterocycles. The second-order valence-corrected chi connectivity index (χ2v) is 3.14. The highest BCUT2D eigenvalue weighted by molar-refractivity contribution is 5.98. The molecule has 0 unspecified atom stereocenters. The molecule has 1 aromatic carbocycles. The maximum absolute atomic E-state index is 8.61. The maximum atomic E-state index is 8.61. The number of ether oxygens (including phenoxy) is 1. The van der Waals surface area contributed by atoms with Gasteiger partial charge in [0.25, 0.3) is 0 Å². The van der Waals surface area contributed by atoms with Gasteiger partial charge >= 0.3 is 0 Å². The summed E-state index contributed by atoms with van der Waals surface area (Å²) in [5.74, 6) is 0.712. The van der Waals surface area contributed by atoms with E-state index >= 15 is 0 Å². The van der Waals surface area contributed by atoms with Gasteiger partial charge in [0.05, 0.1) is 12.3 Å². The van der Waals surface area contributed by atoms with Gasteiger partial charge in [-0.1, -0.05) is 17.3 Å². The lowest BCUT2D eigenvalue weighted by atomic mass is 10.1. The van der Waals surface area contributed by atoms with Crippen molar-refractivity contribution >= 4 is 5.71 Å². The fourth-order valence-electron chi connectivity index (χ4n) is 1.12. The minimum atomic E-state index is 0.122. The van der Waals surface area contributed by atoms with Gasteiger partial charge in [0.2, 0.25) is 0 Å². The van der Waals surface area contributed by atoms with Gasteiger partial charge in [-0.15, -0.1) is 0 Å². The molecule has 4 nitrogen and oxygen atoms in total. The van der Waals surface area contributed by atoms with Crippen molar-refractivity contribution in [3.05, 3.63) is 29.8 Å². The molecular weight excluding hydrogens is 194 g/mol. The highest BCUT2D eigenvalue weighted by Crippen LogP contribution is 2.14. The van der Waals surface area contributed by atoms with Crippen LogP contribution in [0.5, 0.6) is 5.75 Å². The molecule has 0 heterocycles. The molecule has 0 radical (unpaired) electrons. The van der Waals surface area contributed by atoms with Gasteiger partial charge in [-0.05, 0) is 19.1 Å². The topological polar surface area (TPSA) is 62.1 Å². The van der Waals surface area contributed by atoms with E-state index in [1.54, 1.807) is 13.0 Å². The molecule has 1 rings (SSSR count). The minimum Gasteiger partial charge on any atom is -0.493 e. The van der Waals surface area contributed by atoms with Crippen molar-refractivity contribution in [1.29, 1.82) is 0 Å². The molecule has 0 bridgehead atoms. The van der Waals surface area contributed by atoms with Gasteiger partial charge < -0.3 is 15.1 Å². The van der Waals surface area contributed by atoms with Crippen LogP contribution in [0, 0.1) is 0 Å². The Morgan fingerprint density at radius 2 is 2.27 bits per heavy atom. The monoisotopic (exact) mass is 209 g/mol. The molecule has 0 saturated heterocycles. The molecule has 0 saturated carbocycles. The largest absolute Gasteiger partial charge is 0.493 e. The van der Waals surface area contributed by atoms with Crippen molar-refractivity contribution in [3.8, 4) is 5.75 Å². The number of oxime groups is 1. The number of hydrogen-bond acceptors (Lipinski definition) is 4. The van der Waals surface area contributed by atoms with Gasteiger partial charge in [-0.25, -0.2) is 0 Å². The van der Waals surface area contributed by atoms with Crippen molar-refractivity contribution in [2.75, 3.05) is 13.2 Å². The molecule has 2 N–H and O–H groups in total. The molecular formula is C11H15NO3. The van der Waals surface area contributed by atoms with Crippen LogP contribution in [-0.4, -0.2) is 29.2 Å². The average molecular weight is 209 g/mol. The SMILES string of the molecule is C/C(=N\O)c1cccc(OCCCO)c1. The second-order valence-electron chi connectivity index (χ2n) is 3.14. The van der Waals surface area contributed by atoms with E-state index < -0.39 is 0 Å². The first-order chi connectivity index (χ1) is 7.27. The van der Waals surface area contributed by atoms with Gasteiger partial charge in [0.15, 0.2) is 0 Å². The zero-order valence-electron chi connectivity index (χ0n) is 8.68. The first-order valence-corrected chi connectivity index (χ1v) is 4.80. The zero-order chi connectivity index (χ0) is 11.1. The molecule has 0 aliphatic rings. The van der Waals surface area contributed by atoms with E-state index in [1.807, 2.05) is 18.2 Å². The highest BCUT2D eigenvalue weighted by Gasteiger charge is 2.00. The number of rotatable bonds is 5. The summed E-state index contributed by atoms with van der Waals surface area (Å²) in [7, 11) is 0. The van der Waals surface area contributed by atoms with Crippen LogP contribution >= 0.6 is 0 Å². The summed E-state index contributed by atoms with van der Waals surface area (Å²) in [6.07, 6.45) is 0.608. The second kappa shape index (κ2) is 6.03. The normalized spacial score (nSPS) is 11.5. The predicted octanol–water partition coefficient (Wildman–Crippen LogP) is 1.65. The van der Waals surface area contributed by atoms with E-state index in [4.69, 9.17) is 15.1 Å². The fourth-order valence-corrected chi connectivity index (χ4v) is 1.12. The summed E-state index contributed by atoms with van der Waals surface area (Å²) in [6, 6.07) is 7.30. The van der Waals surface area contributed by atoms with Crippen LogP contribution in [0.25, 0.3) is 0 Å². The lowest BCUT2D eigenvalue weighted by Crippen LogP contribution is -2.01. The summed E-state index contributed by atoms with van der Waals surface area (Å²) in [6.45, 7) is 2.32. The third kappa shape index (κ3) is 3.59. The molecule has 0 spiro atoms. The number of aliphatic hydroxyl groups excluding tert-OH is 1. The quantitative estimate of drug-likeness (QED) is 0.335. The van der Waals surface area contributed by atoms with Crippen LogP contribution in [-0.2, 0) is 0 Å². The molecule has 0 aromatic heterocycles. The lowest BCUT2D eigenvalue weighted by Gasteiger charge is -2.06. The first-order valence-electron chi connectivity index (χ1n) is 4.80. The molecule has 82 valence electrons. The fraction of sp³-hybridized carbons (Fsp3) is 0.364. The Morgan fingerprint density at radius 3 is 2.93 bits per heavy atom. The van der Waals surface area contributed by atoms with Crippen molar-refractivity contribution in [1.82, 2.24) is 0 Å². The van der Waals surface area contributed by atoms with Crippen molar-refractivity contribution in [2.45, 2.75) is 13.3 Å². The lowest BCUT2D eigenvalue weighted by molar-refractivity contribution is 0.233. The van der Waals surface area contributed by atoms with Crippen molar-refractivity contribution < 1.29 is 15.1 Å². The Kier molecular flexibility index (Phi) is 4.63. The van der Waals surface area contributed by atoms with Gasteiger partial charge in [0.1, 0.15) is 5.75 Å². The number of aliphatic hydroxyl groups is 1. The van der Waals surface area contributed by atoms with Crippen LogP contribution in [0.4, 0.5) is 0 Å². The Labute approximate surface area is 88.8 Å². The number of nitrogens with zero attached hydrogens (tertiary/aromatic N) is 1. The number of hydrogen-bond donors (Lipinski definition) is 2. The predicted molar refractivity (Wildman–Crippen MR) is 57.6 cm³/mol. The highest BCUT2D eigenvalue weighted by atomic mass is 16.5. The van der Waals surface area contributed by atoms with Crippen molar-refractivity contribution in [3.63, 3.8) is 0 Å². The Balaban J connectivity index is 2.66. The molecule has 0 aliphatic carbocycles. The van der Waals surface area contributed by atoms with Crippen LogP contribution in [0.15, 0.2) is 29.4 Å². The van der Waals surface area contributed by atoms with E-state index in [9.17, 15) is 0 Å². The smallest absolute Gasteiger partial charge is 0.119 e. The van der Waals surface area contributed by atoms with E-state index in [1.165, 1.54) is 0 Å². The Morgan fingerprint density at radius 1 is 1.47 bits per heavy atom. The maximum Gasteiger partial charge on any atom is 0.119 e. The van der Waals surface area contributed by atoms with Crippen molar-refractivity contribution in [2.24, 2.45) is 5.16 Å². The van der Waals surface area contributed by atoms with Crippen LogP contribution in [0.1, 0.15) is 18.9 Å². The molecule has 15 heavy (non-hydrogen) atoms. The Bertz CT molecular complexity index is 336. The first kappa shape index (κ1) is 11.5. The van der Waals surface area contributed by atoms with E-state index in [0.29, 0.717) is 24.5 Å². The van der Waals surface area contributed by atoms with E-state index in [-0.39, 0.29) is 6.61 Å². The summed E-state index contributed by atoms with van der Waals surface area (Å²) in [5.41, 5.74) is 1.36. The molecule has 4 heteroatoms. The van der Waals surface area contributed by atoms with Gasteiger partial charge in [0, 0.05) is 18.6 Å². The summed E-state index contributed by atoms with van der Waals surface area (Å²) >= 11 is 0. The summed E-state index contributed by atoms with van der Waals surface area (Å²) in [5, 5.41) is 20.3. The standard InChI is InChI=1S/C11H15NO3/c1-9(12-14)10-4-2-5-11(8-10)15-7-3-6-13/h2,4-5,8,13-14H,3,6-7H2,1H3/b12-9+. The van der Waals surface area contributed by atoms with Gasteiger partial charge in [-0.2, -0.15) is 0 Å². The Hall–Kier alpha value is -1.55. The molecule has 0 amide bonds. The van der Waals surface area contributed by atoms with Crippen LogP contribution < -0.4 is 4.74 Å². The van der Waals surface area contributed by atoms with Crippen LogP contribution in [0.2, 0.25) is 0 Å². The van der Waals surface area contributed by atoms with E-state index in [2.05, 4.69) is 5.16 Å². The van der Waals surface area contributed by atoms with Crippen LogP contribution in [0.3, 0.4) is 0 Å². The third-order valence-corrected chi connectivity index (χ3v) is 1.97. The number of benzene rings is 1. The van der Waals surface area contributed by atoms with E-state index in [0.717, 1.165) is 5.56 Å². The summed E-state index contributed by atoms with van der Waals surface area (Å²) < 4.78 is 5.39.